The van der Waals surface area contributed by atoms with Crippen LogP contribution in [0.4, 0.5) is 0 Å². The summed E-state index contributed by atoms with van der Waals surface area (Å²) in [6.45, 7) is 6.92. The summed E-state index contributed by atoms with van der Waals surface area (Å²) < 4.78 is 0. The van der Waals surface area contributed by atoms with Gasteiger partial charge >= 0.3 is 0 Å². The molecule has 0 aliphatic carbocycles. The first-order valence-electron chi connectivity index (χ1n) is 12.1. The van der Waals surface area contributed by atoms with Gasteiger partial charge in [-0.1, -0.05) is 130 Å². The normalized spacial score (nSPS) is 13.5. The average Bonchev–Trinajstić information content (AvgIpc) is 2.65. The van der Waals surface area contributed by atoms with E-state index in [9.17, 15) is 5.26 Å². The van der Waals surface area contributed by atoms with Crippen LogP contribution in [0.5, 0.6) is 0 Å². The van der Waals surface area contributed by atoms with Crippen molar-refractivity contribution in [2.24, 2.45) is 11.8 Å². The minimum atomic E-state index is 0.305. The molecule has 0 aliphatic rings. The van der Waals surface area contributed by atoms with Crippen molar-refractivity contribution in [3.63, 3.8) is 0 Å². The van der Waals surface area contributed by atoms with E-state index in [1.807, 2.05) is 0 Å². The van der Waals surface area contributed by atoms with Gasteiger partial charge in [0.25, 0.3) is 0 Å². The van der Waals surface area contributed by atoms with Crippen molar-refractivity contribution in [3.8, 4) is 6.07 Å². The van der Waals surface area contributed by atoms with Crippen molar-refractivity contribution in [1.82, 2.24) is 0 Å². The Morgan fingerprint density at radius 1 is 0.577 bits per heavy atom. The predicted molar refractivity (Wildman–Crippen MR) is 117 cm³/mol. The lowest BCUT2D eigenvalue weighted by atomic mass is 9.89. The van der Waals surface area contributed by atoms with Crippen LogP contribution < -0.4 is 0 Å². The summed E-state index contributed by atoms with van der Waals surface area (Å²) >= 11 is 0. The predicted octanol–water partition coefficient (Wildman–Crippen LogP) is 9.21. The molecule has 0 aromatic heterocycles. The van der Waals surface area contributed by atoms with E-state index < -0.39 is 0 Å². The van der Waals surface area contributed by atoms with Crippen LogP contribution in [0.15, 0.2) is 0 Å². The van der Waals surface area contributed by atoms with E-state index in [0.717, 1.165) is 18.8 Å². The maximum atomic E-state index is 9.44. The van der Waals surface area contributed by atoms with E-state index in [1.54, 1.807) is 0 Å². The minimum Gasteiger partial charge on any atom is -0.198 e. The van der Waals surface area contributed by atoms with Gasteiger partial charge in [0, 0.05) is 5.92 Å². The van der Waals surface area contributed by atoms with Gasteiger partial charge in [0.1, 0.15) is 0 Å². The zero-order chi connectivity index (χ0) is 19.3. The van der Waals surface area contributed by atoms with Crippen LogP contribution in [-0.4, -0.2) is 0 Å². The molecular formula is C25H49N. The maximum Gasteiger partial charge on any atom is 0.0655 e. The van der Waals surface area contributed by atoms with Gasteiger partial charge in [-0.3, -0.25) is 0 Å². The van der Waals surface area contributed by atoms with Crippen LogP contribution in [0, 0.1) is 23.2 Å². The van der Waals surface area contributed by atoms with Gasteiger partial charge < -0.3 is 0 Å². The Labute approximate surface area is 166 Å². The molecular weight excluding hydrogens is 314 g/mol. The first-order valence-corrected chi connectivity index (χ1v) is 12.1. The summed E-state index contributed by atoms with van der Waals surface area (Å²) in [5.41, 5.74) is 0. The molecule has 0 saturated heterocycles. The highest BCUT2D eigenvalue weighted by Crippen LogP contribution is 2.23. The third kappa shape index (κ3) is 18.3. The third-order valence-electron chi connectivity index (χ3n) is 5.83. The Kier molecular flexibility index (Phi) is 20.4. The molecule has 1 heteroatoms. The average molecular weight is 364 g/mol. The standard InChI is InChI=1S/C25H49N/c1-4-6-8-10-12-14-16-18-20-24(3)22-25(23-26)21-19-17-15-13-11-9-7-5-2/h24-25H,4-22H2,1-3H3. The second-order valence-electron chi connectivity index (χ2n) is 8.69. The quantitative estimate of drug-likeness (QED) is 0.198. The second kappa shape index (κ2) is 20.8. The van der Waals surface area contributed by atoms with Gasteiger partial charge in [-0.2, -0.15) is 5.26 Å². The van der Waals surface area contributed by atoms with Crippen molar-refractivity contribution >= 4 is 0 Å². The van der Waals surface area contributed by atoms with E-state index in [4.69, 9.17) is 0 Å². The molecule has 0 radical (unpaired) electrons. The zero-order valence-electron chi connectivity index (χ0n) is 18.5. The molecule has 0 bridgehead atoms. The third-order valence-corrected chi connectivity index (χ3v) is 5.83. The number of unbranched alkanes of at least 4 members (excludes halogenated alkanes) is 14. The van der Waals surface area contributed by atoms with Crippen LogP contribution in [-0.2, 0) is 0 Å². The van der Waals surface area contributed by atoms with E-state index in [1.165, 1.54) is 109 Å². The van der Waals surface area contributed by atoms with Gasteiger partial charge in [0.2, 0.25) is 0 Å². The highest BCUT2D eigenvalue weighted by molar-refractivity contribution is 4.83. The summed E-state index contributed by atoms with van der Waals surface area (Å²) in [4.78, 5) is 0. The molecule has 0 aromatic carbocycles. The molecule has 0 spiro atoms. The molecule has 2 atom stereocenters. The smallest absolute Gasteiger partial charge is 0.0655 e. The van der Waals surface area contributed by atoms with Crippen molar-refractivity contribution in [3.05, 3.63) is 0 Å². The van der Waals surface area contributed by atoms with E-state index in [2.05, 4.69) is 26.8 Å². The Balaban J connectivity index is 3.50. The molecule has 0 aromatic rings. The highest BCUT2D eigenvalue weighted by Gasteiger charge is 2.12. The second-order valence-corrected chi connectivity index (χ2v) is 8.69. The largest absolute Gasteiger partial charge is 0.198 e. The molecule has 0 N–H and O–H groups in total. The number of nitrogens with zero attached hydrogens (tertiary/aromatic N) is 1. The van der Waals surface area contributed by atoms with E-state index in [0.29, 0.717) is 5.92 Å². The minimum absolute atomic E-state index is 0.305. The summed E-state index contributed by atoms with van der Waals surface area (Å²) in [5, 5.41) is 9.44. The van der Waals surface area contributed by atoms with Gasteiger partial charge in [-0.15, -0.1) is 0 Å². The number of hydrogen-bond acceptors (Lipinski definition) is 1. The Hall–Kier alpha value is -0.510. The zero-order valence-corrected chi connectivity index (χ0v) is 18.5. The van der Waals surface area contributed by atoms with Gasteiger partial charge in [-0.25, -0.2) is 0 Å². The van der Waals surface area contributed by atoms with Crippen LogP contribution >= 0.6 is 0 Å². The van der Waals surface area contributed by atoms with E-state index >= 15 is 0 Å². The van der Waals surface area contributed by atoms with Crippen molar-refractivity contribution < 1.29 is 0 Å². The van der Waals surface area contributed by atoms with Crippen molar-refractivity contribution in [1.29, 1.82) is 5.26 Å². The first-order chi connectivity index (χ1) is 12.7. The molecule has 0 heterocycles. The van der Waals surface area contributed by atoms with Crippen LogP contribution in [0.3, 0.4) is 0 Å². The van der Waals surface area contributed by atoms with Crippen molar-refractivity contribution in [2.75, 3.05) is 0 Å². The van der Waals surface area contributed by atoms with Gasteiger partial charge in [0.15, 0.2) is 0 Å². The Morgan fingerprint density at radius 2 is 0.962 bits per heavy atom. The number of nitriles is 1. The fourth-order valence-electron chi connectivity index (χ4n) is 3.99. The van der Waals surface area contributed by atoms with Crippen molar-refractivity contribution in [2.45, 2.75) is 143 Å². The Bertz CT molecular complexity index is 304. The molecule has 2 unspecified atom stereocenters. The number of hydrogen-bond donors (Lipinski definition) is 0. The van der Waals surface area contributed by atoms with Gasteiger partial charge in [-0.05, 0) is 18.8 Å². The summed E-state index contributed by atoms with van der Waals surface area (Å²) in [6, 6.07) is 2.58. The molecule has 0 rings (SSSR count). The van der Waals surface area contributed by atoms with Crippen LogP contribution in [0.25, 0.3) is 0 Å². The molecule has 1 nitrogen and oxygen atoms in total. The summed E-state index contributed by atoms with van der Waals surface area (Å²) in [6.07, 6.45) is 25.7. The summed E-state index contributed by atoms with van der Waals surface area (Å²) in [5.74, 6) is 1.04. The topological polar surface area (TPSA) is 23.8 Å². The summed E-state index contributed by atoms with van der Waals surface area (Å²) in [7, 11) is 0. The SMILES string of the molecule is CCCCCCCCCCC(C)CC(C#N)CCCCCCCCCC. The molecule has 26 heavy (non-hydrogen) atoms. The first kappa shape index (κ1) is 25.5. The van der Waals surface area contributed by atoms with Crippen LogP contribution in [0.1, 0.15) is 143 Å². The lowest BCUT2D eigenvalue weighted by Gasteiger charge is -2.15. The molecule has 0 fully saturated rings. The maximum absolute atomic E-state index is 9.44. The molecule has 0 aliphatic heterocycles. The van der Waals surface area contributed by atoms with Crippen LogP contribution in [0.2, 0.25) is 0 Å². The monoisotopic (exact) mass is 363 g/mol. The number of rotatable bonds is 20. The van der Waals surface area contributed by atoms with E-state index in [-0.39, 0.29) is 0 Å². The van der Waals surface area contributed by atoms with Gasteiger partial charge in [0.05, 0.1) is 6.07 Å². The lowest BCUT2D eigenvalue weighted by Crippen LogP contribution is -2.05. The fraction of sp³-hybridized carbons (Fsp3) is 0.960. The molecule has 0 saturated carbocycles. The molecule has 0 amide bonds. The molecule has 154 valence electrons. The Morgan fingerprint density at radius 3 is 1.38 bits per heavy atom. The lowest BCUT2D eigenvalue weighted by molar-refractivity contribution is 0.385. The highest BCUT2D eigenvalue weighted by atomic mass is 14.3. The fourth-order valence-corrected chi connectivity index (χ4v) is 3.99.